The summed E-state index contributed by atoms with van der Waals surface area (Å²) in [4.78, 5) is 33.0. The number of methoxy groups -OCH3 is 1. The number of halogens is 3. The maximum Gasteiger partial charge on any atom is 0.416 e. The summed E-state index contributed by atoms with van der Waals surface area (Å²) in [6.07, 6.45) is -2.07. The molecule has 3 aromatic carbocycles. The van der Waals surface area contributed by atoms with Crippen LogP contribution in [0.1, 0.15) is 27.0 Å². The van der Waals surface area contributed by atoms with Gasteiger partial charge in [0.25, 0.3) is 5.91 Å². The van der Waals surface area contributed by atoms with Crippen LogP contribution in [0.4, 0.5) is 13.2 Å². The predicted octanol–water partition coefficient (Wildman–Crippen LogP) is 5.55. The lowest BCUT2D eigenvalue weighted by molar-refractivity contribution is -0.137. The van der Waals surface area contributed by atoms with Gasteiger partial charge in [0.05, 0.1) is 12.2 Å². The molecule has 4 aromatic rings. The highest BCUT2D eigenvalue weighted by Gasteiger charge is 2.31. The number of fused-ring (bicyclic) bond motifs is 1. The van der Waals surface area contributed by atoms with Crippen LogP contribution in [0.2, 0.25) is 0 Å². The standard InChI is InChI=1S/C30H30F3N3O3/c1-39-17-16-36(29(38)23-10-7-11-25(18-23)30(31,32)33)21-28(37)35(20-22-8-3-2-4-9-22)15-14-24-19-34-27-13-6-5-12-26(24)27/h2-13,18-19,34H,14-17,20-21H2,1H3. The molecule has 0 unspecified atom stereocenters. The minimum Gasteiger partial charge on any atom is -0.383 e. The van der Waals surface area contributed by atoms with E-state index in [1.54, 1.807) is 4.90 Å². The molecule has 0 atom stereocenters. The molecule has 0 aliphatic carbocycles. The number of aromatic amines is 1. The number of alkyl halides is 3. The number of nitrogens with zero attached hydrogens (tertiary/aromatic N) is 2. The monoisotopic (exact) mass is 537 g/mol. The zero-order valence-electron chi connectivity index (χ0n) is 21.6. The molecule has 0 radical (unpaired) electrons. The number of ether oxygens (including phenoxy) is 1. The highest BCUT2D eigenvalue weighted by Crippen LogP contribution is 2.30. The smallest absolute Gasteiger partial charge is 0.383 e. The number of rotatable bonds is 11. The maximum atomic E-state index is 13.6. The molecule has 0 fully saturated rings. The summed E-state index contributed by atoms with van der Waals surface area (Å²) in [5.41, 5.74) is 1.94. The number of hydrogen-bond acceptors (Lipinski definition) is 3. The minimum absolute atomic E-state index is 0.0545. The van der Waals surface area contributed by atoms with Gasteiger partial charge in [-0.1, -0.05) is 54.6 Å². The van der Waals surface area contributed by atoms with Crippen molar-refractivity contribution in [3.8, 4) is 0 Å². The fraction of sp³-hybridized carbons (Fsp3) is 0.267. The Balaban J connectivity index is 1.55. The van der Waals surface area contributed by atoms with Gasteiger partial charge in [0.15, 0.2) is 0 Å². The number of carbonyl (C=O) groups excluding carboxylic acids is 2. The second-order valence-electron chi connectivity index (χ2n) is 9.21. The molecular formula is C30H30F3N3O3. The summed E-state index contributed by atoms with van der Waals surface area (Å²) in [5, 5.41) is 1.08. The van der Waals surface area contributed by atoms with Gasteiger partial charge in [-0.3, -0.25) is 9.59 Å². The van der Waals surface area contributed by atoms with Crippen LogP contribution < -0.4 is 0 Å². The Morgan fingerprint density at radius 2 is 1.64 bits per heavy atom. The molecule has 2 amide bonds. The highest BCUT2D eigenvalue weighted by atomic mass is 19.4. The quantitative estimate of drug-likeness (QED) is 0.273. The first-order valence-corrected chi connectivity index (χ1v) is 12.6. The largest absolute Gasteiger partial charge is 0.416 e. The third kappa shape index (κ3) is 7.26. The van der Waals surface area contributed by atoms with Gasteiger partial charge < -0.3 is 19.5 Å². The number of H-pyrrole nitrogens is 1. The van der Waals surface area contributed by atoms with Crippen LogP contribution in [0.15, 0.2) is 85.1 Å². The van der Waals surface area contributed by atoms with Crippen molar-refractivity contribution in [1.29, 1.82) is 0 Å². The molecule has 1 aromatic heterocycles. The molecule has 6 nitrogen and oxygen atoms in total. The van der Waals surface area contributed by atoms with Gasteiger partial charge in [0.2, 0.25) is 5.91 Å². The molecule has 0 saturated heterocycles. The Bertz CT molecular complexity index is 1400. The van der Waals surface area contributed by atoms with E-state index in [1.807, 2.05) is 60.8 Å². The molecule has 0 saturated carbocycles. The minimum atomic E-state index is -4.58. The molecule has 0 aliphatic rings. The van der Waals surface area contributed by atoms with Crippen molar-refractivity contribution in [2.45, 2.75) is 19.1 Å². The second kappa shape index (κ2) is 12.6. The maximum absolute atomic E-state index is 13.6. The van der Waals surface area contributed by atoms with Crippen LogP contribution in [-0.4, -0.2) is 59.9 Å². The first kappa shape index (κ1) is 27.9. The van der Waals surface area contributed by atoms with E-state index in [9.17, 15) is 22.8 Å². The normalized spacial score (nSPS) is 11.5. The van der Waals surface area contributed by atoms with Gasteiger partial charge >= 0.3 is 6.18 Å². The third-order valence-electron chi connectivity index (χ3n) is 6.51. The summed E-state index contributed by atoms with van der Waals surface area (Å²) in [7, 11) is 1.46. The van der Waals surface area contributed by atoms with Gasteiger partial charge in [0.1, 0.15) is 6.54 Å². The van der Waals surface area contributed by atoms with Crippen molar-refractivity contribution in [1.82, 2.24) is 14.8 Å². The SMILES string of the molecule is COCCN(CC(=O)N(CCc1c[nH]c2ccccc12)Cc1ccccc1)C(=O)c1cccc(C(F)(F)F)c1. The van der Waals surface area contributed by atoms with Crippen molar-refractivity contribution in [2.24, 2.45) is 0 Å². The van der Waals surface area contributed by atoms with Crippen molar-refractivity contribution in [3.05, 3.63) is 107 Å². The molecule has 9 heteroatoms. The highest BCUT2D eigenvalue weighted by molar-refractivity contribution is 5.96. The molecule has 204 valence electrons. The Kier molecular flexibility index (Phi) is 9.03. The number of aromatic nitrogens is 1. The van der Waals surface area contributed by atoms with Crippen LogP contribution in [0.3, 0.4) is 0 Å². The number of nitrogens with one attached hydrogen (secondary N) is 1. The van der Waals surface area contributed by atoms with Gasteiger partial charge in [-0.05, 0) is 41.8 Å². The number of amides is 2. The lowest BCUT2D eigenvalue weighted by Gasteiger charge is -2.28. The van der Waals surface area contributed by atoms with E-state index in [4.69, 9.17) is 4.74 Å². The molecule has 39 heavy (non-hydrogen) atoms. The average Bonchev–Trinajstić information content (AvgIpc) is 3.36. The van der Waals surface area contributed by atoms with Gasteiger partial charge in [-0.25, -0.2) is 0 Å². The van der Waals surface area contributed by atoms with E-state index >= 15 is 0 Å². The first-order valence-electron chi connectivity index (χ1n) is 12.6. The fourth-order valence-corrected chi connectivity index (χ4v) is 4.42. The Hall–Kier alpha value is -4.11. The van der Waals surface area contributed by atoms with Gasteiger partial charge in [0, 0.05) is 49.4 Å². The summed E-state index contributed by atoms with van der Waals surface area (Å²) in [6, 6.07) is 21.6. The van der Waals surface area contributed by atoms with Crippen molar-refractivity contribution in [2.75, 3.05) is 33.4 Å². The Morgan fingerprint density at radius 3 is 2.38 bits per heavy atom. The third-order valence-corrected chi connectivity index (χ3v) is 6.51. The van der Waals surface area contributed by atoms with Gasteiger partial charge in [-0.2, -0.15) is 13.2 Å². The molecule has 1 heterocycles. The van der Waals surface area contributed by atoms with E-state index in [0.717, 1.165) is 34.2 Å². The summed E-state index contributed by atoms with van der Waals surface area (Å²) >= 11 is 0. The number of hydrogen-bond donors (Lipinski definition) is 1. The average molecular weight is 538 g/mol. The van der Waals surface area contributed by atoms with Crippen molar-refractivity contribution in [3.63, 3.8) is 0 Å². The molecular weight excluding hydrogens is 507 g/mol. The van der Waals surface area contributed by atoms with Crippen molar-refractivity contribution >= 4 is 22.7 Å². The predicted molar refractivity (Wildman–Crippen MR) is 143 cm³/mol. The molecule has 0 aliphatic heterocycles. The molecule has 0 spiro atoms. The van der Waals surface area contributed by atoms with E-state index in [1.165, 1.54) is 24.1 Å². The number of benzene rings is 3. The van der Waals surface area contributed by atoms with E-state index in [0.29, 0.717) is 19.5 Å². The zero-order chi connectivity index (χ0) is 27.8. The lowest BCUT2D eigenvalue weighted by Crippen LogP contribution is -2.44. The number of para-hydroxylation sites is 1. The van der Waals surface area contributed by atoms with E-state index in [-0.39, 0.29) is 31.2 Å². The molecule has 0 bridgehead atoms. The van der Waals surface area contributed by atoms with Crippen LogP contribution in [0.5, 0.6) is 0 Å². The molecule has 4 rings (SSSR count). The summed E-state index contributed by atoms with van der Waals surface area (Å²) in [6.45, 7) is 0.618. The summed E-state index contributed by atoms with van der Waals surface area (Å²) in [5.74, 6) is -0.974. The van der Waals surface area contributed by atoms with Crippen LogP contribution in [-0.2, 0) is 28.7 Å². The second-order valence-corrected chi connectivity index (χ2v) is 9.21. The first-order chi connectivity index (χ1) is 18.8. The van der Waals surface area contributed by atoms with Crippen LogP contribution in [0.25, 0.3) is 10.9 Å². The zero-order valence-corrected chi connectivity index (χ0v) is 21.6. The fourth-order valence-electron chi connectivity index (χ4n) is 4.42. The van der Waals surface area contributed by atoms with Gasteiger partial charge in [-0.15, -0.1) is 0 Å². The Morgan fingerprint density at radius 1 is 0.897 bits per heavy atom. The lowest BCUT2D eigenvalue weighted by atomic mass is 10.1. The van der Waals surface area contributed by atoms with Crippen LogP contribution in [0, 0.1) is 0 Å². The molecule has 1 N–H and O–H groups in total. The van der Waals surface area contributed by atoms with Crippen LogP contribution >= 0.6 is 0 Å². The van der Waals surface area contributed by atoms with Crippen molar-refractivity contribution < 1.29 is 27.5 Å². The Labute approximate surface area is 225 Å². The van der Waals surface area contributed by atoms with E-state index in [2.05, 4.69) is 4.98 Å². The summed E-state index contributed by atoms with van der Waals surface area (Å²) < 4.78 is 44.9. The van der Waals surface area contributed by atoms with E-state index < -0.39 is 17.6 Å². The number of carbonyl (C=O) groups is 2. The topological polar surface area (TPSA) is 65.6 Å².